The molecule has 0 spiro atoms. The van der Waals surface area contributed by atoms with Crippen LogP contribution in [0.25, 0.3) is 10.4 Å². The van der Waals surface area contributed by atoms with Crippen molar-refractivity contribution in [3.05, 3.63) is 35.7 Å². The van der Waals surface area contributed by atoms with Crippen LogP contribution in [0.2, 0.25) is 0 Å². The molecule has 0 aliphatic carbocycles. The lowest BCUT2D eigenvalue weighted by Gasteiger charge is -2.00. The Kier molecular flexibility index (Phi) is 4.95. The number of amides is 1. The van der Waals surface area contributed by atoms with Crippen LogP contribution in [-0.4, -0.2) is 22.0 Å². The molecule has 0 aliphatic heterocycles. The monoisotopic (exact) mass is 293 g/mol. The van der Waals surface area contributed by atoms with Crippen molar-refractivity contribution >= 4 is 28.2 Å². The molecular weight excluding hydrogens is 278 g/mol. The zero-order valence-electron chi connectivity index (χ0n) is 11.1. The standard InChI is InChI=1S/C13H12N2O3S.H3N/c1-7-10(13(17)18)12(15-8(2)16)19-11(7)9-3-5-14-6-4-9;/h3-6H,1-2H3,(H,15,16)(H,17,18);1H3. The lowest BCUT2D eigenvalue weighted by molar-refractivity contribution is -0.114. The van der Waals surface area contributed by atoms with Gasteiger partial charge in [-0.3, -0.25) is 9.78 Å². The molecule has 7 heteroatoms. The van der Waals surface area contributed by atoms with Crippen LogP contribution >= 0.6 is 11.3 Å². The van der Waals surface area contributed by atoms with Gasteiger partial charge in [0.25, 0.3) is 0 Å². The Morgan fingerprint density at radius 3 is 2.40 bits per heavy atom. The summed E-state index contributed by atoms with van der Waals surface area (Å²) in [7, 11) is 0. The number of thiophene rings is 1. The summed E-state index contributed by atoms with van der Waals surface area (Å²) in [5.41, 5.74) is 1.68. The maximum atomic E-state index is 11.3. The average Bonchev–Trinajstić information content (AvgIpc) is 2.66. The van der Waals surface area contributed by atoms with Crippen LogP contribution in [0, 0.1) is 6.92 Å². The van der Waals surface area contributed by atoms with Crippen molar-refractivity contribution in [1.29, 1.82) is 0 Å². The fourth-order valence-electron chi connectivity index (χ4n) is 1.80. The molecule has 5 N–H and O–H groups in total. The Balaban J connectivity index is 0.00000200. The first kappa shape index (κ1) is 15.8. The normalized spacial score (nSPS) is 9.70. The lowest BCUT2D eigenvalue weighted by Crippen LogP contribution is -2.08. The molecule has 0 aromatic carbocycles. The Morgan fingerprint density at radius 2 is 1.90 bits per heavy atom. The molecule has 2 heterocycles. The highest BCUT2D eigenvalue weighted by Gasteiger charge is 2.21. The summed E-state index contributed by atoms with van der Waals surface area (Å²) in [6, 6.07) is 3.62. The summed E-state index contributed by atoms with van der Waals surface area (Å²) < 4.78 is 0. The van der Waals surface area contributed by atoms with E-state index in [1.807, 2.05) is 12.1 Å². The average molecular weight is 293 g/mol. The van der Waals surface area contributed by atoms with Gasteiger partial charge in [0, 0.05) is 24.2 Å². The van der Waals surface area contributed by atoms with Crippen LogP contribution in [0.3, 0.4) is 0 Å². The highest BCUT2D eigenvalue weighted by molar-refractivity contribution is 7.20. The second-order valence-electron chi connectivity index (χ2n) is 3.98. The fraction of sp³-hybridized carbons (Fsp3) is 0.154. The number of pyridine rings is 1. The Labute approximate surface area is 120 Å². The van der Waals surface area contributed by atoms with Crippen LogP contribution in [0.15, 0.2) is 24.5 Å². The highest BCUT2D eigenvalue weighted by atomic mass is 32.1. The number of nitrogens with one attached hydrogen (secondary N) is 1. The van der Waals surface area contributed by atoms with Gasteiger partial charge in [0.05, 0.1) is 5.56 Å². The predicted octanol–water partition coefficient (Wildman–Crippen LogP) is 2.94. The van der Waals surface area contributed by atoms with Gasteiger partial charge < -0.3 is 16.6 Å². The van der Waals surface area contributed by atoms with E-state index in [1.54, 1.807) is 19.3 Å². The molecule has 2 aromatic heterocycles. The predicted molar refractivity (Wildman–Crippen MR) is 78.6 cm³/mol. The molecule has 2 rings (SSSR count). The van der Waals surface area contributed by atoms with Crippen molar-refractivity contribution in [2.24, 2.45) is 0 Å². The van der Waals surface area contributed by atoms with Gasteiger partial charge in [0.2, 0.25) is 5.91 Å². The second-order valence-corrected chi connectivity index (χ2v) is 5.00. The van der Waals surface area contributed by atoms with E-state index in [0.29, 0.717) is 10.6 Å². The molecule has 2 aromatic rings. The second kappa shape index (κ2) is 6.27. The zero-order valence-corrected chi connectivity index (χ0v) is 12.0. The first-order valence-electron chi connectivity index (χ1n) is 5.55. The summed E-state index contributed by atoms with van der Waals surface area (Å²) in [4.78, 5) is 27.2. The van der Waals surface area contributed by atoms with Crippen molar-refractivity contribution in [1.82, 2.24) is 11.1 Å². The van der Waals surface area contributed by atoms with Crippen molar-refractivity contribution in [3.8, 4) is 10.4 Å². The minimum absolute atomic E-state index is 0. The maximum absolute atomic E-state index is 11.3. The van der Waals surface area contributed by atoms with Gasteiger partial charge in [-0.05, 0) is 30.2 Å². The van der Waals surface area contributed by atoms with Crippen molar-refractivity contribution in [3.63, 3.8) is 0 Å². The number of aromatic carboxylic acids is 1. The van der Waals surface area contributed by atoms with Gasteiger partial charge in [-0.25, -0.2) is 4.79 Å². The van der Waals surface area contributed by atoms with Gasteiger partial charge in [-0.2, -0.15) is 0 Å². The summed E-state index contributed by atoms with van der Waals surface area (Å²) in [5.74, 6) is -1.33. The van der Waals surface area contributed by atoms with E-state index in [2.05, 4.69) is 10.3 Å². The molecule has 0 unspecified atom stereocenters. The van der Waals surface area contributed by atoms with Crippen LogP contribution in [0.1, 0.15) is 22.8 Å². The van der Waals surface area contributed by atoms with Gasteiger partial charge in [-0.1, -0.05) is 0 Å². The summed E-state index contributed by atoms with van der Waals surface area (Å²) in [6.45, 7) is 3.09. The minimum atomic E-state index is -1.04. The van der Waals surface area contributed by atoms with Gasteiger partial charge in [0.1, 0.15) is 5.00 Å². The van der Waals surface area contributed by atoms with Crippen molar-refractivity contribution in [2.45, 2.75) is 13.8 Å². The van der Waals surface area contributed by atoms with E-state index in [0.717, 1.165) is 10.4 Å². The topological polar surface area (TPSA) is 114 Å². The molecule has 0 saturated carbocycles. The SMILES string of the molecule is CC(=O)Nc1sc(-c2ccncc2)c(C)c1C(=O)O.N. The molecule has 0 radical (unpaired) electrons. The lowest BCUT2D eigenvalue weighted by atomic mass is 10.1. The van der Waals surface area contributed by atoms with Gasteiger partial charge >= 0.3 is 5.97 Å². The number of anilines is 1. The Hall–Kier alpha value is -2.25. The van der Waals surface area contributed by atoms with E-state index in [1.165, 1.54) is 18.3 Å². The largest absolute Gasteiger partial charge is 0.478 e. The summed E-state index contributed by atoms with van der Waals surface area (Å²) in [6.07, 6.45) is 3.29. The van der Waals surface area contributed by atoms with E-state index in [9.17, 15) is 14.7 Å². The number of carbonyl (C=O) groups excluding carboxylic acids is 1. The molecule has 106 valence electrons. The molecule has 6 nitrogen and oxygen atoms in total. The number of hydrogen-bond acceptors (Lipinski definition) is 5. The number of nitrogens with zero attached hydrogens (tertiary/aromatic N) is 1. The minimum Gasteiger partial charge on any atom is -0.478 e. The van der Waals surface area contributed by atoms with Crippen LogP contribution in [0.4, 0.5) is 5.00 Å². The zero-order chi connectivity index (χ0) is 14.0. The van der Waals surface area contributed by atoms with E-state index in [4.69, 9.17) is 0 Å². The number of carboxylic acids is 1. The molecule has 1 amide bonds. The first-order valence-corrected chi connectivity index (χ1v) is 6.37. The quantitative estimate of drug-likeness (QED) is 0.804. The number of carbonyl (C=O) groups is 2. The third-order valence-electron chi connectivity index (χ3n) is 2.59. The molecule has 0 fully saturated rings. The number of carboxylic acid groups (broad SMARTS) is 1. The number of hydrogen-bond donors (Lipinski definition) is 3. The number of aromatic nitrogens is 1. The van der Waals surface area contributed by atoms with Crippen molar-refractivity contribution < 1.29 is 14.7 Å². The van der Waals surface area contributed by atoms with Crippen LogP contribution in [0.5, 0.6) is 0 Å². The highest BCUT2D eigenvalue weighted by Crippen LogP contribution is 2.39. The van der Waals surface area contributed by atoms with Gasteiger partial charge in [0.15, 0.2) is 0 Å². The van der Waals surface area contributed by atoms with Gasteiger partial charge in [-0.15, -0.1) is 11.3 Å². The smallest absolute Gasteiger partial charge is 0.339 e. The van der Waals surface area contributed by atoms with E-state index < -0.39 is 5.97 Å². The molecule has 20 heavy (non-hydrogen) atoms. The summed E-state index contributed by atoms with van der Waals surface area (Å²) in [5, 5.41) is 12.2. The fourth-order valence-corrected chi connectivity index (χ4v) is 3.05. The molecule has 0 saturated heterocycles. The Bertz CT molecular complexity index is 638. The summed E-state index contributed by atoms with van der Waals surface area (Å²) >= 11 is 1.26. The van der Waals surface area contributed by atoms with Crippen LogP contribution < -0.4 is 11.5 Å². The third kappa shape index (κ3) is 3.01. The molecule has 0 bridgehead atoms. The van der Waals surface area contributed by atoms with Crippen LogP contribution in [-0.2, 0) is 4.79 Å². The first-order chi connectivity index (χ1) is 9.00. The molecule has 0 aliphatic rings. The Morgan fingerprint density at radius 1 is 1.30 bits per heavy atom. The van der Waals surface area contributed by atoms with E-state index >= 15 is 0 Å². The third-order valence-corrected chi connectivity index (χ3v) is 3.85. The number of rotatable bonds is 3. The molecule has 0 atom stereocenters. The van der Waals surface area contributed by atoms with E-state index in [-0.39, 0.29) is 17.6 Å². The van der Waals surface area contributed by atoms with Crippen molar-refractivity contribution in [2.75, 3.05) is 5.32 Å². The molecular formula is C13H15N3O3S. The maximum Gasteiger partial charge on any atom is 0.339 e.